The summed E-state index contributed by atoms with van der Waals surface area (Å²) in [7, 11) is 0. The van der Waals surface area contributed by atoms with Gasteiger partial charge < -0.3 is 5.32 Å². The first-order chi connectivity index (χ1) is 9.31. The average molecular weight is 273 g/mol. The average Bonchev–Trinajstić information content (AvgIpc) is 2.98. The van der Waals surface area contributed by atoms with E-state index in [4.69, 9.17) is 0 Å². The molecule has 0 saturated heterocycles. The third kappa shape index (κ3) is 2.97. The highest BCUT2D eigenvalue weighted by molar-refractivity contribution is 7.17. The molecule has 0 bridgehead atoms. The zero-order chi connectivity index (χ0) is 13.1. The zero-order valence-electron chi connectivity index (χ0n) is 10.7. The summed E-state index contributed by atoms with van der Waals surface area (Å²) in [6, 6.07) is 0.367. The maximum Gasteiger partial charge on any atom is 0.193 e. The molecule has 3 rings (SSSR count). The minimum absolute atomic E-state index is 0.367. The Labute approximate surface area is 115 Å². The van der Waals surface area contributed by atoms with Gasteiger partial charge in [0, 0.05) is 61.1 Å². The summed E-state index contributed by atoms with van der Waals surface area (Å²) in [4.78, 5) is 15.0. The fourth-order valence-electron chi connectivity index (χ4n) is 1.95. The van der Waals surface area contributed by atoms with Gasteiger partial charge in [0.05, 0.1) is 5.69 Å². The molecule has 1 N–H and O–H groups in total. The van der Waals surface area contributed by atoms with Crippen molar-refractivity contribution in [3.05, 3.63) is 47.8 Å². The summed E-state index contributed by atoms with van der Waals surface area (Å²) < 4.78 is 2.05. The van der Waals surface area contributed by atoms with E-state index < -0.39 is 0 Å². The minimum Gasteiger partial charge on any atom is -0.309 e. The van der Waals surface area contributed by atoms with Crippen molar-refractivity contribution in [1.29, 1.82) is 0 Å². The number of hydrogen-bond donors (Lipinski definition) is 1. The summed E-state index contributed by atoms with van der Waals surface area (Å²) in [5.41, 5.74) is 1.02. The molecule has 3 aromatic heterocycles. The van der Waals surface area contributed by atoms with Crippen molar-refractivity contribution in [2.24, 2.45) is 0 Å². The first-order valence-corrected chi connectivity index (χ1v) is 7.02. The molecule has 98 valence electrons. The van der Waals surface area contributed by atoms with Gasteiger partial charge in [-0.2, -0.15) is 0 Å². The maximum absolute atomic E-state index is 4.29. The number of thiazole rings is 1. The molecule has 5 nitrogen and oxygen atoms in total. The van der Waals surface area contributed by atoms with Gasteiger partial charge in [-0.25, -0.2) is 4.98 Å². The molecule has 1 atom stereocenters. The van der Waals surface area contributed by atoms with Crippen LogP contribution >= 0.6 is 11.3 Å². The van der Waals surface area contributed by atoms with Crippen LogP contribution in [0.2, 0.25) is 0 Å². The summed E-state index contributed by atoms with van der Waals surface area (Å²) in [5, 5.41) is 3.50. The predicted molar refractivity (Wildman–Crippen MR) is 75.1 cm³/mol. The summed E-state index contributed by atoms with van der Waals surface area (Å²) in [6.07, 6.45) is 12.0. The van der Waals surface area contributed by atoms with E-state index in [-0.39, 0.29) is 0 Å². The van der Waals surface area contributed by atoms with Crippen molar-refractivity contribution in [3.63, 3.8) is 0 Å². The first kappa shape index (κ1) is 12.3. The van der Waals surface area contributed by atoms with Crippen molar-refractivity contribution in [1.82, 2.24) is 24.7 Å². The van der Waals surface area contributed by atoms with E-state index in [1.54, 1.807) is 23.7 Å². The molecular weight excluding hydrogens is 258 g/mol. The van der Waals surface area contributed by atoms with Gasteiger partial charge in [0.1, 0.15) is 0 Å². The molecule has 0 saturated carbocycles. The number of rotatable bonds is 5. The van der Waals surface area contributed by atoms with Crippen molar-refractivity contribution in [2.75, 3.05) is 0 Å². The molecule has 0 aliphatic carbocycles. The van der Waals surface area contributed by atoms with Gasteiger partial charge in [0.25, 0.3) is 0 Å². The lowest BCUT2D eigenvalue weighted by Gasteiger charge is -2.11. The second-order valence-electron chi connectivity index (χ2n) is 4.50. The highest BCUT2D eigenvalue weighted by Gasteiger charge is 2.06. The monoisotopic (exact) mass is 273 g/mol. The van der Waals surface area contributed by atoms with Crippen LogP contribution in [-0.4, -0.2) is 25.4 Å². The van der Waals surface area contributed by atoms with E-state index >= 15 is 0 Å². The molecule has 0 fully saturated rings. The summed E-state index contributed by atoms with van der Waals surface area (Å²) in [6.45, 7) is 3.02. The fourth-order valence-corrected chi connectivity index (χ4v) is 2.84. The molecule has 0 radical (unpaired) electrons. The molecular formula is C13H15N5S. The van der Waals surface area contributed by atoms with Crippen LogP contribution in [0.15, 0.2) is 37.2 Å². The zero-order valence-corrected chi connectivity index (χ0v) is 11.5. The summed E-state index contributed by atoms with van der Waals surface area (Å²) >= 11 is 1.71. The first-order valence-electron chi connectivity index (χ1n) is 6.21. The van der Waals surface area contributed by atoms with Crippen LogP contribution in [0.5, 0.6) is 0 Å². The smallest absolute Gasteiger partial charge is 0.193 e. The fraction of sp³-hybridized carbons (Fsp3) is 0.308. The maximum atomic E-state index is 4.29. The molecule has 0 amide bonds. The number of nitrogens with one attached hydrogen (secondary N) is 1. The van der Waals surface area contributed by atoms with Gasteiger partial charge in [-0.15, -0.1) is 11.3 Å². The van der Waals surface area contributed by atoms with Gasteiger partial charge in [0.2, 0.25) is 0 Å². The lowest BCUT2D eigenvalue weighted by Crippen LogP contribution is -2.27. The van der Waals surface area contributed by atoms with Gasteiger partial charge in [-0.05, 0) is 6.92 Å². The van der Waals surface area contributed by atoms with E-state index in [0.29, 0.717) is 6.04 Å². The van der Waals surface area contributed by atoms with Crippen molar-refractivity contribution in [2.45, 2.75) is 25.9 Å². The summed E-state index contributed by atoms with van der Waals surface area (Å²) in [5.74, 6) is 0. The van der Waals surface area contributed by atoms with Gasteiger partial charge >= 0.3 is 0 Å². The molecule has 0 aromatic carbocycles. The normalized spacial score (nSPS) is 12.9. The van der Waals surface area contributed by atoms with E-state index in [1.807, 2.05) is 18.6 Å². The van der Waals surface area contributed by atoms with Crippen molar-refractivity contribution in [3.8, 4) is 0 Å². The highest BCUT2D eigenvalue weighted by Crippen LogP contribution is 2.15. The SMILES string of the molecule is CC(Cc1cnccn1)NCc1cn2ccnc2s1. The topological polar surface area (TPSA) is 55.1 Å². The quantitative estimate of drug-likeness (QED) is 0.771. The van der Waals surface area contributed by atoms with E-state index in [0.717, 1.165) is 23.6 Å². The van der Waals surface area contributed by atoms with E-state index in [2.05, 4.69) is 37.8 Å². The lowest BCUT2D eigenvalue weighted by molar-refractivity contribution is 0.542. The van der Waals surface area contributed by atoms with Crippen LogP contribution in [0.3, 0.4) is 0 Å². The van der Waals surface area contributed by atoms with Crippen molar-refractivity contribution >= 4 is 16.3 Å². The van der Waals surface area contributed by atoms with Crippen LogP contribution in [0.25, 0.3) is 4.96 Å². The lowest BCUT2D eigenvalue weighted by atomic mass is 10.2. The van der Waals surface area contributed by atoms with Crippen LogP contribution in [-0.2, 0) is 13.0 Å². The van der Waals surface area contributed by atoms with Crippen LogP contribution in [0.1, 0.15) is 17.5 Å². The standard InChI is InChI=1S/C13H15N5S/c1-10(6-11-7-14-2-3-15-11)17-8-12-9-18-5-4-16-13(18)19-12/h2-5,7,9-10,17H,6,8H2,1H3. The van der Waals surface area contributed by atoms with Gasteiger partial charge in [0.15, 0.2) is 4.96 Å². The van der Waals surface area contributed by atoms with Gasteiger partial charge in [-0.1, -0.05) is 0 Å². The molecule has 3 heterocycles. The second kappa shape index (κ2) is 5.46. The van der Waals surface area contributed by atoms with E-state index in [1.165, 1.54) is 4.88 Å². The Morgan fingerprint density at radius 2 is 2.26 bits per heavy atom. The number of imidazole rings is 1. The Kier molecular flexibility index (Phi) is 3.52. The molecule has 0 spiro atoms. The highest BCUT2D eigenvalue weighted by atomic mass is 32.1. The minimum atomic E-state index is 0.367. The van der Waals surface area contributed by atoms with Crippen LogP contribution in [0.4, 0.5) is 0 Å². The Bertz CT molecular complexity index is 617. The Morgan fingerprint density at radius 3 is 3.05 bits per heavy atom. The second-order valence-corrected chi connectivity index (χ2v) is 5.59. The van der Waals surface area contributed by atoms with Crippen LogP contribution in [0, 0.1) is 0 Å². The van der Waals surface area contributed by atoms with Gasteiger partial charge in [-0.3, -0.25) is 14.4 Å². The van der Waals surface area contributed by atoms with Crippen LogP contribution < -0.4 is 5.32 Å². The Morgan fingerprint density at radius 1 is 1.32 bits per heavy atom. The van der Waals surface area contributed by atoms with Crippen molar-refractivity contribution < 1.29 is 0 Å². The molecule has 1 unspecified atom stereocenters. The third-order valence-corrected chi connectivity index (χ3v) is 3.91. The Hall–Kier alpha value is -1.79. The number of fused-ring (bicyclic) bond motifs is 1. The molecule has 19 heavy (non-hydrogen) atoms. The number of aromatic nitrogens is 4. The molecule has 0 aliphatic rings. The molecule has 0 aliphatic heterocycles. The Balaban J connectivity index is 1.55. The molecule has 3 aromatic rings. The third-order valence-electron chi connectivity index (χ3n) is 2.90. The largest absolute Gasteiger partial charge is 0.309 e. The van der Waals surface area contributed by atoms with E-state index in [9.17, 15) is 0 Å². The number of nitrogens with zero attached hydrogens (tertiary/aromatic N) is 4. The number of hydrogen-bond acceptors (Lipinski definition) is 5. The molecule has 6 heteroatoms. The predicted octanol–water partition coefficient (Wildman–Crippen LogP) is 1.91.